The van der Waals surface area contributed by atoms with Crippen molar-refractivity contribution in [1.29, 1.82) is 0 Å². The van der Waals surface area contributed by atoms with Gasteiger partial charge in [0.05, 0.1) is 23.8 Å². The SMILES string of the molecule is COc1cccc(-c2c(C(=O)NN=Cc3ccccc3[N+](=O)[O-])nnn2-c2nonc2N)c1. The zero-order valence-electron chi connectivity index (χ0n) is 16.9. The number of nitrogen functional groups attached to an aromatic ring is 1. The fourth-order valence-corrected chi connectivity index (χ4v) is 2.93. The maximum atomic E-state index is 12.9. The number of nitro groups is 1. The summed E-state index contributed by atoms with van der Waals surface area (Å²) in [4.78, 5) is 23.5. The first-order chi connectivity index (χ1) is 16.0. The van der Waals surface area contributed by atoms with E-state index in [2.05, 4.69) is 35.8 Å². The number of carbonyl (C=O) groups is 1. The molecule has 14 heteroatoms. The first kappa shape index (κ1) is 21.1. The molecule has 2 aromatic carbocycles. The third-order valence-corrected chi connectivity index (χ3v) is 4.43. The molecular weight excluding hydrogens is 434 g/mol. The van der Waals surface area contributed by atoms with E-state index in [0.717, 1.165) is 6.21 Å². The molecule has 0 bridgehead atoms. The number of amides is 1. The van der Waals surface area contributed by atoms with Crippen molar-refractivity contribution in [3.63, 3.8) is 0 Å². The van der Waals surface area contributed by atoms with Crippen LogP contribution < -0.4 is 15.9 Å². The molecule has 4 aromatic rings. The van der Waals surface area contributed by atoms with Gasteiger partial charge in [0.15, 0.2) is 5.69 Å². The Hall–Kier alpha value is -5.14. The Bertz CT molecular complexity index is 1360. The topological polar surface area (TPSA) is 189 Å². The molecule has 2 aromatic heterocycles. The fraction of sp³-hybridized carbons (Fsp3) is 0.0526. The molecule has 0 aliphatic rings. The highest BCUT2D eigenvalue weighted by Crippen LogP contribution is 2.29. The molecule has 0 aliphatic heterocycles. The Morgan fingerprint density at radius 3 is 2.82 bits per heavy atom. The Morgan fingerprint density at radius 1 is 1.27 bits per heavy atom. The number of nitro benzene ring substituents is 1. The van der Waals surface area contributed by atoms with Crippen molar-refractivity contribution in [2.45, 2.75) is 0 Å². The summed E-state index contributed by atoms with van der Waals surface area (Å²) in [5.41, 5.74) is 8.74. The summed E-state index contributed by atoms with van der Waals surface area (Å²) in [5, 5.41) is 30.1. The summed E-state index contributed by atoms with van der Waals surface area (Å²) in [6.07, 6.45) is 1.16. The predicted molar refractivity (Wildman–Crippen MR) is 114 cm³/mol. The van der Waals surface area contributed by atoms with Gasteiger partial charge in [0, 0.05) is 11.6 Å². The molecule has 0 spiro atoms. The van der Waals surface area contributed by atoms with Crippen LogP contribution in [0.15, 0.2) is 58.3 Å². The number of nitrogens with two attached hydrogens (primary N) is 1. The van der Waals surface area contributed by atoms with Crippen LogP contribution in [-0.2, 0) is 0 Å². The summed E-state index contributed by atoms with van der Waals surface area (Å²) in [6.45, 7) is 0. The van der Waals surface area contributed by atoms with Crippen molar-refractivity contribution in [2.24, 2.45) is 5.10 Å². The molecule has 0 saturated carbocycles. The van der Waals surface area contributed by atoms with Crippen LogP contribution >= 0.6 is 0 Å². The number of hydrazone groups is 1. The van der Waals surface area contributed by atoms with Gasteiger partial charge in [0.25, 0.3) is 11.6 Å². The van der Waals surface area contributed by atoms with Gasteiger partial charge in [-0.15, -0.1) is 5.10 Å². The molecule has 0 atom stereocenters. The number of aromatic nitrogens is 5. The van der Waals surface area contributed by atoms with E-state index in [9.17, 15) is 14.9 Å². The zero-order valence-corrected chi connectivity index (χ0v) is 16.9. The average Bonchev–Trinajstić information content (AvgIpc) is 3.45. The summed E-state index contributed by atoms with van der Waals surface area (Å²) in [6, 6.07) is 12.8. The lowest BCUT2D eigenvalue weighted by Gasteiger charge is -2.07. The van der Waals surface area contributed by atoms with Gasteiger partial charge in [-0.25, -0.2) is 10.1 Å². The number of para-hydroxylation sites is 1. The first-order valence-electron chi connectivity index (χ1n) is 9.25. The van der Waals surface area contributed by atoms with Crippen molar-refractivity contribution in [3.05, 3.63) is 69.9 Å². The van der Waals surface area contributed by atoms with Crippen LogP contribution in [0.2, 0.25) is 0 Å². The number of methoxy groups -OCH3 is 1. The Morgan fingerprint density at radius 2 is 2.09 bits per heavy atom. The highest BCUT2D eigenvalue weighted by molar-refractivity contribution is 5.99. The molecule has 0 saturated heterocycles. The second-order valence-electron chi connectivity index (χ2n) is 6.42. The van der Waals surface area contributed by atoms with Crippen LogP contribution in [0.25, 0.3) is 17.1 Å². The molecule has 4 rings (SSSR count). The lowest BCUT2D eigenvalue weighted by Crippen LogP contribution is -2.19. The van der Waals surface area contributed by atoms with Gasteiger partial charge in [-0.1, -0.05) is 29.5 Å². The average molecular weight is 449 g/mol. The molecule has 166 valence electrons. The van der Waals surface area contributed by atoms with Crippen LogP contribution in [0.3, 0.4) is 0 Å². The summed E-state index contributed by atoms with van der Waals surface area (Å²) < 4.78 is 11.1. The van der Waals surface area contributed by atoms with Crippen LogP contribution in [-0.4, -0.2) is 49.5 Å². The number of hydrogen-bond donors (Lipinski definition) is 2. The minimum absolute atomic E-state index is 0.0304. The number of nitrogens with zero attached hydrogens (tertiary/aromatic N) is 7. The quantitative estimate of drug-likeness (QED) is 0.238. The fourth-order valence-electron chi connectivity index (χ4n) is 2.93. The highest BCUT2D eigenvalue weighted by Gasteiger charge is 2.25. The van der Waals surface area contributed by atoms with Crippen LogP contribution in [0.4, 0.5) is 11.5 Å². The predicted octanol–water partition coefficient (Wildman–Crippen LogP) is 1.58. The molecule has 14 nitrogen and oxygen atoms in total. The molecule has 0 radical (unpaired) electrons. The lowest BCUT2D eigenvalue weighted by molar-refractivity contribution is -0.385. The standard InChI is InChI=1S/C19H15N9O5/c1-32-13-7-4-6-11(9-13)16-15(22-26-27(16)18-17(20)24-33-25-18)19(29)23-21-10-12-5-2-3-8-14(12)28(30)31/h2-10H,1H3,(H2,20,24)(H,23,29). The molecule has 0 unspecified atom stereocenters. The molecular formula is C19H15N9O5. The van der Waals surface area contributed by atoms with Gasteiger partial charge in [0.2, 0.25) is 11.6 Å². The maximum Gasteiger partial charge on any atom is 0.294 e. The van der Waals surface area contributed by atoms with E-state index in [-0.39, 0.29) is 34.3 Å². The van der Waals surface area contributed by atoms with Crippen molar-refractivity contribution in [3.8, 4) is 22.8 Å². The Labute approximate surface area is 184 Å². The van der Waals surface area contributed by atoms with E-state index < -0.39 is 10.8 Å². The van der Waals surface area contributed by atoms with E-state index in [4.69, 9.17) is 10.5 Å². The van der Waals surface area contributed by atoms with Crippen molar-refractivity contribution in [2.75, 3.05) is 12.8 Å². The number of benzene rings is 2. The van der Waals surface area contributed by atoms with E-state index >= 15 is 0 Å². The van der Waals surface area contributed by atoms with Crippen molar-refractivity contribution >= 4 is 23.6 Å². The molecule has 3 N–H and O–H groups in total. The van der Waals surface area contributed by atoms with Crippen LogP contribution in [0.5, 0.6) is 5.75 Å². The zero-order chi connectivity index (χ0) is 23.4. The van der Waals surface area contributed by atoms with Gasteiger partial charge in [-0.2, -0.15) is 9.78 Å². The van der Waals surface area contributed by atoms with Crippen LogP contribution in [0.1, 0.15) is 16.1 Å². The van der Waals surface area contributed by atoms with Gasteiger partial charge in [-0.3, -0.25) is 14.9 Å². The summed E-state index contributed by atoms with van der Waals surface area (Å²) in [5.74, 6) is -0.246. The number of hydrogen-bond acceptors (Lipinski definition) is 11. The third-order valence-electron chi connectivity index (χ3n) is 4.43. The molecule has 0 fully saturated rings. The number of anilines is 1. The van der Waals surface area contributed by atoms with E-state index in [1.54, 1.807) is 30.3 Å². The lowest BCUT2D eigenvalue weighted by atomic mass is 10.1. The summed E-state index contributed by atoms with van der Waals surface area (Å²) >= 11 is 0. The number of rotatable bonds is 7. The van der Waals surface area contributed by atoms with Crippen molar-refractivity contribution in [1.82, 2.24) is 30.7 Å². The monoisotopic (exact) mass is 449 g/mol. The minimum atomic E-state index is -0.732. The highest BCUT2D eigenvalue weighted by atomic mass is 16.6. The smallest absolute Gasteiger partial charge is 0.294 e. The minimum Gasteiger partial charge on any atom is -0.497 e. The third kappa shape index (κ3) is 4.20. The van der Waals surface area contributed by atoms with E-state index in [1.165, 1.54) is 30.0 Å². The van der Waals surface area contributed by atoms with E-state index in [1.807, 2.05) is 0 Å². The normalized spacial score (nSPS) is 10.9. The largest absolute Gasteiger partial charge is 0.497 e. The molecule has 33 heavy (non-hydrogen) atoms. The maximum absolute atomic E-state index is 12.9. The second kappa shape index (κ2) is 8.93. The number of carbonyl (C=O) groups excluding carboxylic acids is 1. The van der Waals surface area contributed by atoms with Crippen LogP contribution in [0, 0.1) is 10.1 Å². The van der Waals surface area contributed by atoms with E-state index in [0.29, 0.717) is 11.3 Å². The van der Waals surface area contributed by atoms with Gasteiger partial charge >= 0.3 is 0 Å². The number of nitrogens with one attached hydrogen (secondary N) is 1. The van der Waals surface area contributed by atoms with Gasteiger partial charge < -0.3 is 10.5 Å². The Balaban J connectivity index is 1.70. The van der Waals surface area contributed by atoms with Gasteiger partial charge in [-0.05, 0) is 28.5 Å². The summed E-state index contributed by atoms with van der Waals surface area (Å²) in [7, 11) is 1.50. The first-order valence-corrected chi connectivity index (χ1v) is 9.25. The molecule has 1 amide bonds. The van der Waals surface area contributed by atoms with Gasteiger partial charge in [0.1, 0.15) is 11.4 Å². The number of ether oxygens (including phenoxy) is 1. The molecule has 0 aliphatic carbocycles. The Kier molecular flexibility index (Phi) is 5.71. The molecule has 2 heterocycles. The second-order valence-corrected chi connectivity index (χ2v) is 6.42. The van der Waals surface area contributed by atoms with Crippen molar-refractivity contribution < 1.29 is 19.1 Å².